The van der Waals surface area contributed by atoms with Crippen LogP contribution in [-0.2, 0) is 20.9 Å². The van der Waals surface area contributed by atoms with E-state index in [9.17, 15) is 14.0 Å². The van der Waals surface area contributed by atoms with Gasteiger partial charge in [-0.2, -0.15) is 4.80 Å². The zero-order chi connectivity index (χ0) is 27.2. The smallest absolute Gasteiger partial charge is 0.247 e. The van der Waals surface area contributed by atoms with Gasteiger partial charge >= 0.3 is 0 Å². The first-order chi connectivity index (χ1) is 19.0. The van der Waals surface area contributed by atoms with Crippen LogP contribution in [0, 0.1) is 5.82 Å². The Morgan fingerprint density at radius 1 is 1.10 bits per heavy atom. The molecule has 1 aliphatic carbocycles. The van der Waals surface area contributed by atoms with Crippen molar-refractivity contribution >= 4 is 11.8 Å². The fraction of sp³-hybridized carbons (Fsp3) is 0.464. The van der Waals surface area contributed by atoms with Crippen LogP contribution in [0.5, 0.6) is 5.75 Å². The number of halogens is 1. The van der Waals surface area contributed by atoms with Crippen molar-refractivity contribution in [1.82, 2.24) is 30.4 Å². The molecular formula is C28H33FN6O4. The molecule has 3 aromatic rings. The molecule has 2 heterocycles. The summed E-state index contributed by atoms with van der Waals surface area (Å²) in [6.45, 7) is 0.612. The Balaban J connectivity index is 1.41. The Morgan fingerprint density at radius 2 is 1.85 bits per heavy atom. The van der Waals surface area contributed by atoms with E-state index in [-0.39, 0.29) is 37.0 Å². The minimum absolute atomic E-state index is 0.0594. The number of carbonyl (C=O) groups excluding carboxylic acids is 2. The normalized spacial score (nSPS) is 18.2. The number of tetrazole rings is 1. The van der Waals surface area contributed by atoms with Gasteiger partial charge in [-0.3, -0.25) is 9.59 Å². The van der Waals surface area contributed by atoms with Gasteiger partial charge in [0.15, 0.2) is 0 Å². The largest absolute Gasteiger partial charge is 0.497 e. The van der Waals surface area contributed by atoms with Gasteiger partial charge < -0.3 is 19.7 Å². The molecule has 5 rings (SSSR count). The summed E-state index contributed by atoms with van der Waals surface area (Å²) in [6.07, 6.45) is 5.38. The van der Waals surface area contributed by atoms with E-state index in [0.29, 0.717) is 23.7 Å². The van der Waals surface area contributed by atoms with Gasteiger partial charge in [-0.05, 0) is 72.9 Å². The maximum absolute atomic E-state index is 13.8. The number of amides is 2. The lowest BCUT2D eigenvalue weighted by Crippen LogP contribution is -2.49. The lowest BCUT2D eigenvalue weighted by molar-refractivity contribution is -0.143. The van der Waals surface area contributed by atoms with Crippen LogP contribution >= 0.6 is 0 Å². The van der Waals surface area contributed by atoms with Crippen molar-refractivity contribution in [3.8, 4) is 17.1 Å². The third-order valence-corrected chi connectivity index (χ3v) is 7.27. The lowest BCUT2D eigenvalue weighted by atomic mass is 10.0. The Labute approximate surface area is 226 Å². The highest BCUT2D eigenvalue weighted by molar-refractivity contribution is 5.89. The number of rotatable bonds is 10. The summed E-state index contributed by atoms with van der Waals surface area (Å²) in [4.78, 5) is 30.3. The molecule has 2 aliphatic rings. The molecule has 1 aromatic heterocycles. The van der Waals surface area contributed by atoms with Crippen molar-refractivity contribution in [1.29, 1.82) is 0 Å². The zero-order valence-electron chi connectivity index (χ0n) is 22.0. The lowest BCUT2D eigenvalue weighted by Gasteiger charge is -2.33. The number of carbonyl (C=O) groups is 2. The molecule has 0 spiro atoms. The van der Waals surface area contributed by atoms with Gasteiger partial charge in [-0.1, -0.05) is 25.0 Å². The van der Waals surface area contributed by atoms with E-state index in [0.717, 1.165) is 44.1 Å². The van der Waals surface area contributed by atoms with Crippen molar-refractivity contribution < 1.29 is 23.5 Å². The zero-order valence-corrected chi connectivity index (χ0v) is 22.0. The second-order valence-electron chi connectivity index (χ2n) is 10.00. The van der Waals surface area contributed by atoms with Crippen LogP contribution in [0.4, 0.5) is 4.39 Å². The predicted octanol–water partition coefficient (Wildman–Crippen LogP) is 3.30. The summed E-state index contributed by atoms with van der Waals surface area (Å²) in [5, 5.41) is 15.7. The Hall–Kier alpha value is -3.86. The first-order valence-electron chi connectivity index (χ1n) is 13.4. The van der Waals surface area contributed by atoms with E-state index in [1.807, 2.05) is 12.1 Å². The quantitative estimate of drug-likeness (QED) is 0.423. The van der Waals surface area contributed by atoms with E-state index in [4.69, 9.17) is 9.47 Å². The molecule has 10 nitrogen and oxygen atoms in total. The molecule has 0 unspecified atom stereocenters. The van der Waals surface area contributed by atoms with Gasteiger partial charge in [0, 0.05) is 24.8 Å². The molecular weight excluding hydrogens is 503 g/mol. The van der Waals surface area contributed by atoms with E-state index < -0.39 is 11.9 Å². The number of methoxy groups -OCH3 is 1. The third-order valence-electron chi connectivity index (χ3n) is 7.27. The standard InChI is InChI=1S/C28H33FN6O4/c1-38-23-14-10-20(11-15-23)27-31-33-35(32-27)18-25(36)34(17-24-7-4-16-39-24)26(19-8-12-21(29)13-9-19)28(37)30-22-5-2-3-6-22/h8-15,22,24,26H,2-7,16-18H2,1H3,(H,30,37)/t24-,26-/m1/s1. The fourth-order valence-corrected chi connectivity index (χ4v) is 5.20. The second kappa shape index (κ2) is 12.3. The van der Waals surface area contributed by atoms with Gasteiger partial charge in [-0.15, -0.1) is 10.2 Å². The molecule has 0 radical (unpaired) electrons. The molecule has 2 amide bonds. The van der Waals surface area contributed by atoms with Crippen molar-refractivity contribution in [2.75, 3.05) is 20.3 Å². The number of benzene rings is 2. The van der Waals surface area contributed by atoms with Crippen LogP contribution in [-0.4, -0.2) is 69.3 Å². The number of nitrogens with one attached hydrogen (secondary N) is 1. The number of ether oxygens (including phenoxy) is 2. The molecule has 2 fully saturated rings. The fourth-order valence-electron chi connectivity index (χ4n) is 5.20. The molecule has 1 saturated carbocycles. The van der Waals surface area contributed by atoms with Crippen LogP contribution < -0.4 is 10.1 Å². The molecule has 1 saturated heterocycles. The average molecular weight is 537 g/mol. The summed E-state index contributed by atoms with van der Waals surface area (Å²) in [5.41, 5.74) is 1.26. The highest BCUT2D eigenvalue weighted by Gasteiger charge is 2.35. The molecule has 0 bridgehead atoms. The van der Waals surface area contributed by atoms with Crippen molar-refractivity contribution in [3.05, 3.63) is 59.9 Å². The number of hydrogen-bond acceptors (Lipinski definition) is 7. The molecule has 11 heteroatoms. The molecule has 1 aliphatic heterocycles. The molecule has 1 N–H and O–H groups in total. The van der Waals surface area contributed by atoms with E-state index >= 15 is 0 Å². The SMILES string of the molecule is COc1ccc(-c2nnn(CC(=O)N(C[C@H]3CCCO3)[C@@H](C(=O)NC3CCCC3)c3ccc(F)cc3)n2)cc1. The van der Waals surface area contributed by atoms with Crippen LogP contribution in [0.15, 0.2) is 48.5 Å². The van der Waals surface area contributed by atoms with E-state index in [1.165, 1.54) is 21.8 Å². The van der Waals surface area contributed by atoms with Crippen LogP contribution in [0.1, 0.15) is 50.1 Å². The number of hydrogen-bond donors (Lipinski definition) is 1. The van der Waals surface area contributed by atoms with Crippen LogP contribution in [0.25, 0.3) is 11.4 Å². The summed E-state index contributed by atoms with van der Waals surface area (Å²) in [5.74, 6) is 0.00739. The van der Waals surface area contributed by atoms with Gasteiger partial charge in [-0.25, -0.2) is 4.39 Å². The highest BCUT2D eigenvalue weighted by Crippen LogP contribution is 2.27. The summed E-state index contributed by atoms with van der Waals surface area (Å²) in [7, 11) is 1.59. The van der Waals surface area contributed by atoms with Crippen LogP contribution in [0.3, 0.4) is 0 Å². The van der Waals surface area contributed by atoms with Crippen molar-refractivity contribution in [3.63, 3.8) is 0 Å². The summed E-state index contributed by atoms with van der Waals surface area (Å²) >= 11 is 0. The van der Waals surface area contributed by atoms with E-state index in [1.54, 1.807) is 31.4 Å². The monoisotopic (exact) mass is 536 g/mol. The van der Waals surface area contributed by atoms with Crippen molar-refractivity contribution in [2.45, 2.75) is 63.3 Å². The van der Waals surface area contributed by atoms with Gasteiger partial charge in [0.25, 0.3) is 0 Å². The third kappa shape index (κ3) is 6.59. The van der Waals surface area contributed by atoms with E-state index in [2.05, 4.69) is 20.7 Å². The Bertz CT molecular complexity index is 1250. The van der Waals surface area contributed by atoms with Gasteiger partial charge in [0.2, 0.25) is 17.6 Å². The highest BCUT2D eigenvalue weighted by atomic mass is 19.1. The minimum atomic E-state index is -0.951. The predicted molar refractivity (Wildman–Crippen MR) is 140 cm³/mol. The Kier molecular flexibility index (Phi) is 8.45. The average Bonchev–Trinajstić information content (AvgIpc) is 3.73. The van der Waals surface area contributed by atoms with Gasteiger partial charge in [0.1, 0.15) is 24.2 Å². The molecule has 39 heavy (non-hydrogen) atoms. The summed E-state index contributed by atoms with van der Waals surface area (Å²) < 4.78 is 24.8. The molecule has 2 atom stereocenters. The second-order valence-corrected chi connectivity index (χ2v) is 10.00. The maximum Gasteiger partial charge on any atom is 0.247 e. The van der Waals surface area contributed by atoms with Crippen LogP contribution in [0.2, 0.25) is 0 Å². The molecule has 206 valence electrons. The first-order valence-corrected chi connectivity index (χ1v) is 13.4. The minimum Gasteiger partial charge on any atom is -0.497 e. The summed E-state index contributed by atoms with van der Waals surface area (Å²) in [6, 6.07) is 12.0. The Morgan fingerprint density at radius 3 is 2.51 bits per heavy atom. The number of nitrogens with zero attached hydrogens (tertiary/aromatic N) is 5. The first kappa shape index (κ1) is 26.7. The van der Waals surface area contributed by atoms with Crippen molar-refractivity contribution in [2.24, 2.45) is 0 Å². The van der Waals surface area contributed by atoms with Gasteiger partial charge in [0.05, 0.1) is 13.2 Å². The maximum atomic E-state index is 13.8. The topological polar surface area (TPSA) is 111 Å². The number of aromatic nitrogens is 4. The molecule has 2 aromatic carbocycles.